The fourth-order valence-electron chi connectivity index (χ4n) is 0.863. The molecule has 1 aliphatic heterocycles. The second-order valence-electron chi connectivity index (χ2n) is 2.87. The maximum atomic E-state index is 10.4. The van der Waals surface area contributed by atoms with Crippen molar-refractivity contribution in [1.82, 2.24) is 0 Å². The zero-order chi connectivity index (χ0) is 8.43. The van der Waals surface area contributed by atoms with Gasteiger partial charge in [-0.3, -0.25) is 0 Å². The molecule has 1 atom stereocenters. The molecule has 1 fully saturated rings. The summed E-state index contributed by atoms with van der Waals surface area (Å²) in [6.07, 6.45) is 1.04. The number of aliphatic carboxylic acids is 1. The van der Waals surface area contributed by atoms with Gasteiger partial charge < -0.3 is 9.84 Å². The van der Waals surface area contributed by atoms with E-state index in [0.717, 1.165) is 18.6 Å². The van der Waals surface area contributed by atoms with Crippen LogP contribution in [0.15, 0.2) is 11.1 Å². The molecular formula is C8H12O3. The van der Waals surface area contributed by atoms with Crippen molar-refractivity contribution >= 4 is 5.97 Å². The Morgan fingerprint density at radius 3 is 2.55 bits per heavy atom. The molecule has 3 heteroatoms. The number of ether oxygens (including phenoxy) is 1. The number of epoxide rings is 1. The van der Waals surface area contributed by atoms with Crippen LogP contribution in [0.25, 0.3) is 0 Å². The van der Waals surface area contributed by atoms with E-state index in [1.54, 1.807) is 6.92 Å². The Balaban J connectivity index is 2.52. The van der Waals surface area contributed by atoms with Crippen molar-refractivity contribution in [2.45, 2.75) is 26.4 Å². The molecule has 0 amide bonds. The smallest absolute Gasteiger partial charge is 0.331 e. The van der Waals surface area contributed by atoms with Crippen LogP contribution >= 0.6 is 0 Å². The van der Waals surface area contributed by atoms with Gasteiger partial charge in [0, 0.05) is 5.57 Å². The normalized spacial score (nSPS) is 24.4. The van der Waals surface area contributed by atoms with Crippen LogP contribution < -0.4 is 0 Å². The van der Waals surface area contributed by atoms with Crippen LogP contribution in [0, 0.1) is 0 Å². The number of carboxylic acids is 1. The second kappa shape index (κ2) is 3.05. The molecule has 62 valence electrons. The van der Waals surface area contributed by atoms with Crippen molar-refractivity contribution in [2.24, 2.45) is 0 Å². The summed E-state index contributed by atoms with van der Waals surface area (Å²) in [5, 5.41) is 8.59. The molecule has 0 radical (unpaired) electrons. The molecule has 1 unspecified atom stereocenters. The van der Waals surface area contributed by atoms with Gasteiger partial charge in [-0.1, -0.05) is 5.57 Å². The minimum atomic E-state index is -0.830. The first-order valence-corrected chi connectivity index (χ1v) is 3.62. The van der Waals surface area contributed by atoms with E-state index < -0.39 is 5.97 Å². The van der Waals surface area contributed by atoms with E-state index in [1.807, 2.05) is 6.92 Å². The highest BCUT2D eigenvalue weighted by Gasteiger charge is 2.23. The number of hydrogen-bond donors (Lipinski definition) is 1. The Bertz CT molecular complexity index is 201. The first-order valence-electron chi connectivity index (χ1n) is 3.62. The molecule has 1 heterocycles. The summed E-state index contributed by atoms with van der Waals surface area (Å²) in [6.45, 7) is 4.25. The molecule has 3 nitrogen and oxygen atoms in total. The number of carbonyl (C=O) groups is 1. The first-order chi connectivity index (χ1) is 5.11. The third-order valence-electron chi connectivity index (χ3n) is 1.90. The molecule has 1 aliphatic rings. The van der Waals surface area contributed by atoms with Crippen LogP contribution in [0.5, 0.6) is 0 Å². The number of carboxylic acid groups (broad SMARTS) is 1. The van der Waals surface area contributed by atoms with Crippen LogP contribution in [0.4, 0.5) is 0 Å². The van der Waals surface area contributed by atoms with Gasteiger partial charge in [0.2, 0.25) is 0 Å². The van der Waals surface area contributed by atoms with E-state index in [-0.39, 0.29) is 6.10 Å². The van der Waals surface area contributed by atoms with Gasteiger partial charge >= 0.3 is 5.97 Å². The van der Waals surface area contributed by atoms with Gasteiger partial charge in [-0.05, 0) is 20.3 Å². The fourth-order valence-corrected chi connectivity index (χ4v) is 0.863. The van der Waals surface area contributed by atoms with Crippen molar-refractivity contribution in [3.63, 3.8) is 0 Å². The monoisotopic (exact) mass is 156 g/mol. The summed E-state index contributed by atoms with van der Waals surface area (Å²) in [6, 6.07) is 0. The lowest BCUT2D eigenvalue weighted by molar-refractivity contribution is -0.132. The summed E-state index contributed by atoms with van der Waals surface area (Å²) < 4.78 is 4.98. The third kappa shape index (κ3) is 2.35. The lowest BCUT2D eigenvalue weighted by Gasteiger charge is -1.99. The molecule has 1 rings (SSSR count). The van der Waals surface area contributed by atoms with Gasteiger partial charge in [0.25, 0.3) is 0 Å². The van der Waals surface area contributed by atoms with E-state index in [4.69, 9.17) is 9.84 Å². The van der Waals surface area contributed by atoms with Crippen molar-refractivity contribution in [3.05, 3.63) is 11.1 Å². The molecule has 0 aromatic carbocycles. The predicted octanol–water partition coefficient (Wildman–Crippen LogP) is 1.20. The van der Waals surface area contributed by atoms with Gasteiger partial charge in [-0.25, -0.2) is 4.79 Å². The van der Waals surface area contributed by atoms with Crippen molar-refractivity contribution in [1.29, 1.82) is 0 Å². The second-order valence-corrected chi connectivity index (χ2v) is 2.87. The lowest BCUT2D eigenvalue weighted by Crippen LogP contribution is -2.01. The van der Waals surface area contributed by atoms with Gasteiger partial charge in [0.1, 0.15) is 0 Å². The first kappa shape index (κ1) is 8.27. The van der Waals surface area contributed by atoms with E-state index >= 15 is 0 Å². The SMILES string of the molecule is CC(CC1CO1)=C(C)C(=O)O. The van der Waals surface area contributed by atoms with Crippen LogP contribution in [-0.2, 0) is 9.53 Å². The molecule has 1 saturated heterocycles. The van der Waals surface area contributed by atoms with E-state index in [9.17, 15) is 4.79 Å². The number of hydrogen-bond acceptors (Lipinski definition) is 2. The maximum absolute atomic E-state index is 10.4. The van der Waals surface area contributed by atoms with Crippen molar-refractivity contribution in [3.8, 4) is 0 Å². The van der Waals surface area contributed by atoms with Crippen molar-refractivity contribution in [2.75, 3.05) is 6.61 Å². The van der Waals surface area contributed by atoms with Crippen LogP contribution in [0.2, 0.25) is 0 Å². The summed E-state index contributed by atoms with van der Waals surface area (Å²) in [5.41, 5.74) is 1.36. The largest absolute Gasteiger partial charge is 0.478 e. The highest BCUT2D eigenvalue weighted by Crippen LogP contribution is 2.20. The molecule has 0 bridgehead atoms. The van der Waals surface area contributed by atoms with Crippen LogP contribution in [-0.4, -0.2) is 23.8 Å². The van der Waals surface area contributed by atoms with Gasteiger partial charge in [0.15, 0.2) is 0 Å². The average molecular weight is 156 g/mol. The van der Waals surface area contributed by atoms with E-state index in [0.29, 0.717) is 5.57 Å². The lowest BCUT2D eigenvalue weighted by atomic mass is 10.1. The minimum absolute atomic E-state index is 0.282. The maximum Gasteiger partial charge on any atom is 0.331 e. The van der Waals surface area contributed by atoms with Gasteiger partial charge in [0.05, 0.1) is 12.7 Å². The highest BCUT2D eigenvalue weighted by atomic mass is 16.6. The summed E-state index contributed by atoms with van der Waals surface area (Å²) in [5.74, 6) is -0.830. The van der Waals surface area contributed by atoms with E-state index in [1.165, 1.54) is 0 Å². The quantitative estimate of drug-likeness (QED) is 0.493. The highest BCUT2D eigenvalue weighted by molar-refractivity contribution is 5.86. The zero-order valence-electron chi connectivity index (χ0n) is 6.76. The Morgan fingerprint density at radius 1 is 1.64 bits per heavy atom. The molecule has 11 heavy (non-hydrogen) atoms. The fraction of sp³-hybridized carbons (Fsp3) is 0.625. The van der Waals surface area contributed by atoms with Gasteiger partial charge in [-0.15, -0.1) is 0 Å². The molecule has 0 spiro atoms. The molecule has 0 aromatic rings. The average Bonchev–Trinajstić information content (AvgIpc) is 2.69. The summed E-state index contributed by atoms with van der Waals surface area (Å²) >= 11 is 0. The van der Waals surface area contributed by atoms with Crippen molar-refractivity contribution < 1.29 is 14.6 Å². The Labute approximate surface area is 65.7 Å². The molecular weight excluding hydrogens is 144 g/mol. The molecule has 0 aromatic heterocycles. The Hall–Kier alpha value is -0.830. The summed E-state index contributed by atoms with van der Waals surface area (Å²) in [7, 11) is 0. The topological polar surface area (TPSA) is 49.8 Å². The van der Waals surface area contributed by atoms with Gasteiger partial charge in [-0.2, -0.15) is 0 Å². The number of rotatable bonds is 3. The Morgan fingerprint density at radius 2 is 2.18 bits per heavy atom. The Kier molecular flexibility index (Phi) is 2.29. The minimum Gasteiger partial charge on any atom is -0.478 e. The van der Waals surface area contributed by atoms with Crippen LogP contribution in [0.3, 0.4) is 0 Å². The predicted molar refractivity (Wildman–Crippen MR) is 40.4 cm³/mol. The molecule has 0 saturated carbocycles. The zero-order valence-corrected chi connectivity index (χ0v) is 6.76. The molecule has 0 aliphatic carbocycles. The third-order valence-corrected chi connectivity index (χ3v) is 1.90. The summed E-state index contributed by atoms with van der Waals surface area (Å²) in [4.78, 5) is 10.4. The standard InChI is InChI=1S/C8H12O3/c1-5(3-7-4-11-7)6(2)8(9)10/h7H,3-4H2,1-2H3,(H,9,10). The van der Waals surface area contributed by atoms with Crippen LogP contribution in [0.1, 0.15) is 20.3 Å². The molecule has 1 N–H and O–H groups in total. The van der Waals surface area contributed by atoms with E-state index in [2.05, 4.69) is 0 Å².